The van der Waals surface area contributed by atoms with Crippen molar-refractivity contribution in [2.24, 2.45) is 0 Å². The van der Waals surface area contributed by atoms with E-state index >= 15 is 0 Å². The Kier molecular flexibility index (Phi) is 4.31. The molecule has 1 rings (SSSR count). The van der Waals surface area contributed by atoms with Crippen molar-refractivity contribution in [3.63, 3.8) is 0 Å². The first-order valence-electron chi connectivity index (χ1n) is 5.33. The van der Waals surface area contributed by atoms with Crippen LogP contribution in [0.3, 0.4) is 0 Å². The molecule has 0 spiro atoms. The summed E-state index contributed by atoms with van der Waals surface area (Å²) in [5.74, 6) is 0. The van der Waals surface area contributed by atoms with Crippen LogP contribution in [-0.2, 0) is 6.42 Å². The van der Waals surface area contributed by atoms with E-state index in [2.05, 4.69) is 41.6 Å². The van der Waals surface area contributed by atoms with Crippen LogP contribution >= 0.6 is 11.3 Å². The van der Waals surface area contributed by atoms with Gasteiger partial charge in [-0.25, -0.2) is 0 Å². The van der Waals surface area contributed by atoms with E-state index in [1.807, 2.05) is 6.92 Å². The summed E-state index contributed by atoms with van der Waals surface area (Å²) in [4.78, 5) is 2.21. The largest absolute Gasteiger partial charge is 0.286 e. The van der Waals surface area contributed by atoms with Gasteiger partial charge in [0, 0.05) is 6.42 Å². The minimum absolute atomic E-state index is 0.370. The van der Waals surface area contributed by atoms with Gasteiger partial charge < -0.3 is 0 Å². The van der Waals surface area contributed by atoms with Crippen molar-refractivity contribution in [2.75, 3.05) is 13.1 Å². The first kappa shape index (κ1) is 12.2. The monoisotopic (exact) mass is 222 g/mol. The van der Waals surface area contributed by atoms with Crippen molar-refractivity contribution in [1.29, 1.82) is 5.26 Å². The number of rotatable bonds is 5. The molecule has 82 valence electrons. The maximum Gasteiger partial charge on any atom is 0.110 e. The van der Waals surface area contributed by atoms with Crippen LogP contribution < -0.4 is 0 Å². The van der Waals surface area contributed by atoms with Crippen molar-refractivity contribution in [3.8, 4) is 6.07 Å². The summed E-state index contributed by atoms with van der Waals surface area (Å²) in [5.41, 5.74) is 0.890. The molecule has 0 aliphatic carbocycles. The molecule has 0 bridgehead atoms. The summed E-state index contributed by atoms with van der Waals surface area (Å²) in [6.45, 7) is 8.08. The number of thiophene rings is 1. The molecule has 1 aromatic heterocycles. The number of likely N-dealkylation sites (N-methyl/N-ethyl adjacent to an activating group) is 1. The number of hydrogen-bond donors (Lipinski definition) is 0. The lowest BCUT2D eigenvalue weighted by Gasteiger charge is -2.34. The second-order valence-corrected chi connectivity index (χ2v) is 4.65. The molecule has 1 atom stereocenters. The Labute approximate surface area is 96.1 Å². The lowest BCUT2D eigenvalue weighted by atomic mass is 9.93. The zero-order valence-electron chi connectivity index (χ0n) is 9.66. The SMILES string of the molecule is CCN(CC)C(C)(C#N)Cc1ccsc1. The van der Waals surface area contributed by atoms with E-state index in [1.54, 1.807) is 11.3 Å². The first-order valence-corrected chi connectivity index (χ1v) is 6.28. The minimum atomic E-state index is -0.370. The highest BCUT2D eigenvalue weighted by Crippen LogP contribution is 2.21. The van der Waals surface area contributed by atoms with E-state index < -0.39 is 0 Å². The fourth-order valence-electron chi connectivity index (χ4n) is 1.93. The van der Waals surface area contributed by atoms with Gasteiger partial charge in [-0.3, -0.25) is 4.90 Å². The van der Waals surface area contributed by atoms with Crippen molar-refractivity contribution >= 4 is 11.3 Å². The smallest absolute Gasteiger partial charge is 0.110 e. The highest BCUT2D eigenvalue weighted by atomic mass is 32.1. The topological polar surface area (TPSA) is 27.0 Å². The van der Waals surface area contributed by atoms with E-state index in [0.29, 0.717) is 0 Å². The van der Waals surface area contributed by atoms with Crippen molar-refractivity contribution < 1.29 is 0 Å². The maximum absolute atomic E-state index is 9.33. The van der Waals surface area contributed by atoms with Gasteiger partial charge in [-0.15, -0.1) is 0 Å². The average molecular weight is 222 g/mol. The second kappa shape index (κ2) is 5.29. The molecule has 1 unspecified atom stereocenters. The Bertz CT molecular complexity index is 322. The van der Waals surface area contributed by atoms with Gasteiger partial charge in [0.05, 0.1) is 6.07 Å². The fraction of sp³-hybridized carbons (Fsp3) is 0.583. The van der Waals surface area contributed by atoms with Gasteiger partial charge in [0.2, 0.25) is 0 Å². The molecule has 0 saturated heterocycles. The molecule has 15 heavy (non-hydrogen) atoms. The molecule has 2 nitrogen and oxygen atoms in total. The van der Waals surface area contributed by atoms with E-state index in [9.17, 15) is 5.26 Å². The predicted octanol–water partition coefficient (Wildman–Crippen LogP) is 2.91. The average Bonchev–Trinajstić information content (AvgIpc) is 2.72. The molecule has 0 amide bonds. The molecule has 1 heterocycles. The zero-order chi connectivity index (χ0) is 11.3. The normalized spacial score (nSPS) is 14.9. The van der Waals surface area contributed by atoms with Crippen LogP contribution in [0.2, 0.25) is 0 Å². The highest BCUT2D eigenvalue weighted by molar-refractivity contribution is 7.07. The van der Waals surface area contributed by atoms with Crippen LogP contribution in [0.4, 0.5) is 0 Å². The van der Waals surface area contributed by atoms with Gasteiger partial charge in [0.1, 0.15) is 5.54 Å². The van der Waals surface area contributed by atoms with Crippen LogP contribution in [0.1, 0.15) is 26.3 Å². The Hall–Kier alpha value is -0.850. The van der Waals surface area contributed by atoms with Crippen molar-refractivity contribution in [1.82, 2.24) is 4.90 Å². The third-order valence-corrected chi connectivity index (χ3v) is 3.56. The number of nitriles is 1. The molecule has 0 aliphatic heterocycles. The van der Waals surface area contributed by atoms with Gasteiger partial charge in [0.15, 0.2) is 0 Å². The summed E-state index contributed by atoms with van der Waals surface area (Å²) in [6, 6.07) is 4.55. The lowest BCUT2D eigenvalue weighted by Crippen LogP contribution is -2.46. The van der Waals surface area contributed by atoms with Crippen LogP contribution in [0.5, 0.6) is 0 Å². The summed E-state index contributed by atoms with van der Waals surface area (Å²) in [7, 11) is 0. The maximum atomic E-state index is 9.33. The number of hydrogen-bond acceptors (Lipinski definition) is 3. The van der Waals surface area contributed by atoms with Crippen LogP contribution in [0.15, 0.2) is 16.8 Å². The van der Waals surface area contributed by atoms with Gasteiger partial charge in [0.25, 0.3) is 0 Å². The molecule has 0 saturated carbocycles. The van der Waals surface area contributed by atoms with Crippen molar-refractivity contribution in [2.45, 2.75) is 32.7 Å². The molecule has 0 aromatic carbocycles. The molecule has 0 N–H and O–H groups in total. The summed E-state index contributed by atoms with van der Waals surface area (Å²) in [5, 5.41) is 13.5. The van der Waals surface area contributed by atoms with E-state index in [1.165, 1.54) is 5.56 Å². The van der Waals surface area contributed by atoms with E-state index in [0.717, 1.165) is 19.5 Å². The Morgan fingerprint density at radius 3 is 2.53 bits per heavy atom. The van der Waals surface area contributed by atoms with Gasteiger partial charge in [-0.2, -0.15) is 16.6 Å². The lowest BCUT2D eigenvalue weighted by molar-refractivity contribution is 0.169. The molecule has 0 fully saturated rings. The summed E-state index contributed by atoms with van der Waals surface area (Å²) in [6.07, 6.45) is 0.814. The highest BCUT2D eigenvalue weighted by Gasteiger charge is 2.30. The molecular weight excluding hydrogens is 204 g/mol. The van der Waals surface area contributed by atoms with Crippen molar-refractivity contribution in [3.05, 3.63) is 22.4 Å². The Morgan fingerprint density at radius 2 is 2.13 bits per heavy atom. The third kappa shape index (κ3) is 2.80. The van der Waals surface area contributed by atoms with Gasteiger partial charge >= 0.3 is 0 Å². The molecular formula is C12H18N2S. The van der Waals surface area contributed by atoms with Gasteiger partial charge in [-0.1, -0.05) is 13.8 Å². The molecule has 3 heteroatoms. The van der Waals surface area contributed by atoms with Crippen LogP contribution in [0.25, 0.3) is 0 Å². The summed E-state index contributed by atoms with van der Waals surface area (Å²) < 4.78 is 0. The van der Waals surface area contributed by atoms with E-state index in [4.69, 9.17) is 0 Å². The van der Waals surface area contributed by atoms with Crippen LogP contribution in [-0.4, -0.2) is 23.5 Å². The Balaban J connectivity index is 2.81. The summed E-state index contributed by atoms with van der Waals surface area (Å²) >= 11 is 1.69. The first-order chi connectivity index (χ1) is 7.16. The van der Waals surface area contributed by atoms with E-state index in [-0.39, 0.29) is 5.54 Å². The molecule has 0 radical (unpaired) electrons. The standard InChI is InChI=1S/C12H18N2S/c1-4-14(5-2)12(3,10-13)8-11-6-7-15-9-11/h6-7,9H,4-5,8H2,1-3H3. The predicted molar refractivity (Wildman–Crippen MR) is 65.0 cm³/mol. The second-order valence-electron chi connectivity index (χ2n) is 3.87. The van der Waals surface area contributed by atoms with Gasteiger partial charge in [-0.05, 0) is 42.4 Å². The minimum Gasteiger partial charge on any atom is -0.286 e. The number of nitrogens with zero attached hydrogens (tertiary/aromatic N) is 2. The fourth-order valence-corrected chi connectivity index (χ4v) is 2.60. The molecule has 0 aliphatic rings. The zero-order valence-corrected chi connectivity index (χ0v) is 10.5. The quantitative estimate of drug-likeness (QED) is 0.766. The Morgan fingerprint density at radius 1 is 1.47 bits per heavy atom. The third-order valence-electron chi connectivity index (χ3n) is 2.83. The molecule has 1 aromatic rings. The van der Waals surface area contributed by atoms with Crippen LogP contribution in [0, 0.1) is 11.3 Å².